The lowest BCUT2D eigenvalue weighted by molar-refractivity contribution is 0.625. The maximum absolute atomic E-state index is 13.3. The predicted molar refractivity (Wildman–Crippen MR) is 81.3 cm³/mol. The highest BCUT2D eigenvalue weighted by Crippen LogP contribution is 2.35. The van der Waals surface area contributed by atoms with Gasteiger partial charge in [0, 0.05) is 4.47 Å². The molecular weight excluding hydrogens is 406 g/mol. The van der Waals surface area contributed by atoms with Gasteiger partial charge in [0.1, 0.15) is 5.82 Å². The Morgan fingerprint density at radius 2 is 1.67 bits per heavy atom. The van der Waals surface area contributed by atoms with Crippen molar-refractivity contribution in [3.63, 3.8) is 0 Å². The van der Waals surface area contributed by atoms with Crippen LogP contribution in [0.25, 0.3) is 0 Å². The highest BCUT2D eigenvalue weighted by molar-refractivity contribution is 9.10. The molecule has 94 valence electrons. The first-order valence-corrected chi connectivity index (χ1v) is 7.49. The summed E-state index contributed by atoms with van der Waals surface area (Å²) in [5.74, 6) is -0.288. The molecule has 0 bridgehead atoms. The zero-order valence-corrected chi connectivity index (χ0v) is 13.6. The Balaban J connectivity index is 2.40. The second-order valence-electron chi connectivity index (χ2n) is 3.74. The molecule has 0 spiro atoms. The van der Waals surface area contributed by atoms with E-state index in [4.69, 9.17) is 23.2 Å². The van der Waals surface area contributed by atoms with Gasteiger partial charge in [-0.25, -0.2) is 4.39 Å². The minimum Gasteiger partial charge on any atom is -0.207 e. The topological polar surface area (TPSA) is 0 Å². The van der Waals surface area contributed by atoms with Crippen LogP contribution in [0.2, 0.25) is 10.0 Å². The molecule has 2 aromatic rings. The van der Waals surface area contributed by atoms with Crippen molar-refractivity contribution in [1.82, 2.24) is 0 Å². The molecule has 0 aromatic heterocycles. The van der Waals surface area contributed by atoms with Gasteiger partial charge in [-0.2, -0.15) is 0 Å². The normalized spacial score (nSPS) is 12.5. The lowest BCUT2D eigenvalue weighted by atomic mass is 10.0. The fourth-order valence-corrected chi connectivity index (χ4v) is 2.92. The molecule has 0 aliphatic rings. The first-order valence-electron chi connectivity index (χ1n) is 5.02. The smallest absolute Gasteiger partial charge is 0.124 e. The number of hydrogen-bond acceptors (Lipinski definition) is 0. The Morgan fingerprint density at radius 1 is 0.944 bits per heavy atom. The Kier molecular flexibility index (Phi) is 4.70. The number of alkyl halides is 1. The summed E-state index contributed by atoms with van der Waals surface area (Å²) in [6.45, 7) is 0. The van der Waals surface area contributed by atoms with Crippen LogP contribution >= 0.6 is 55.1 Å². The van der Waals surface area contributed by atoms with Crippen LogP contribution in [0, 0.1) is 5.82 Å². The molecule has 18 heavy (non-hydrogen) atoms. The Labute approximate surface area is 131 Å². The molecule has 0 aliphatic carbocycles. The first kappa shape index (κ1) is 14.3. The second-order valence-corrected chi connectivity index (χ2v) is 6.38. The van der Waals surface area contributed by atoms with Crippen LogP contribution in [0.3, 0.4) is 0 Å². The number of rotatable bonds is 2. The monoisotopic (exact) mass is 410 g/mol. The minimum absolute atomic E-state index is 0.140. The van der Waals surface area contributed by atoms with Crippen molar-refractivity contribution < 1.29 is 4.39 Å². The summed E-state index contributed by atoms with van der Waals surface area (Å²) in [5, 5.41) is 0.981. The second kappa shape index (κ2) is 5.91. The zero-order chi connectivity index (χ0) is 13.3. The van der Waals surface area contributed by atoms with E-state index in [1.54, 1.807) is 12.1 Å². The van der Waals surface area contributed by atoms with Crippen LogP contribution in [0.1, 0.15) is 16.0 Å². The van der Waals surface area contributed by atoms with Gasteiger partial charge in [-0.05, 0) is 41.5 Å². The molecule has 0 nitrogen and oxygen atoms in total. The fourth-order valence-electron chi connectivity index (χ4n) is 1.58. The molecule has 0 amide bonds. The third-order valence-electron chi connectivity index (χ3n) is 2.41. The number of hydrogen-bond donors (Lipinski definition) is 0. The van der Waals surface area contributed by atoms with Gasteiger partial charge in [-0.3, -0.25) is 0 Å². The molecule has 1 unspecified atom stereocenters. The summed E-state index contributed by atoms with van der Waals surface area (Å²) < 4.78 is 14.0. The average Bonchev–Trinajstić information content (AvgIpc) is 2.30. The third-order valence-corrected chi connectivity index (χ3v) is 4.67. The van der Waals surface area contributed by atoms with Crippen molar-refractivity contribution >= 4 is 55.1 Å². The first-order chi connectivity index (χ1) is 8.47. The molecule has 0 fully saturated rings. The fraction of sp³-hybridized carbons (Fsp3) is 0.0769. The van der Waals surface area contributed by atoms with E-state index in [0.717, 1.165) is 11.1 Å². The van der Waals surface area contributed by atoms with E-state index >= 15 is 0 Å². The summed E-state index contributed by atoms with van der Waals surface area (Å²) in [7, 11) is 0. The highest BCUT2D eigenvalue weighted by Gasteiger charge is 2.13. The largest absolute Gasteiger partial charge is 0.207 e. The molecule has 1 atom stereocenters. The van der Waals surface area contributed by atoms with Crippen LogP contribution in [-0.2, 0) is 0 Å². The van der Waals surface area contributed by atoms with Crippen LogP contribution in [0.15, 0.2) is 40.9 Å². The lowest BCUT2D eigenvalue weighted by Crippen LogP contribution is -1.94. The van der Waals surface area contributed by atoms with Crippen molar-refractivity contribution in [2.24, 2.45) is 0 Å². The molecule has 0 N–H and O–H groups in total. The molecule has 2 rings (SSSR count). The predicted octanol–water partition coefficient (Wildman–Crippen LogP) is 6.38. The van der Waals surface area contributed by atoms with Gasteiger partial charge in [0.25, 0.3) is 0 Å². The number of benzene rings is 2. The Bertz CT molecular complexity index is 567. The van der Waals surface area contributed by atoms with E-state index in [1.165, 1.54) is 12.1 Å². The van der Waals surface area contributed by atoms with Gasteiger partial charge in [0.15, 0.2) is 0 Å². The van der Waals surface area contributed by atoms with Gasteiger partial charge in [-0.15, -0.1) is 0 Å². The molecule has 0 aliphatic heterocycles. The molecule has 0 saturated heterocycles. The summed E-state index contributed by atoms with van der Waals surface area (Å²) >= 11 is 18.6. The lowest BCUT2D eigenvalue weighted by Gasteiger charge is -2.12. The van der Waals surface area contributed by atoms with Crippen LogP contribution in [-0.4, -0.2) is 0 Å². The molecule has 0 radical (unpaired) electrons. The van der Waals surface area contributed by atoms with E-state index in [9.17, 15) is 4.39 Å². The molecule has 0 saturated carbocycles. The van der Waals surface area contributed by atoms with Crippen LogP contribution < -0.4 is 0 Å². The van der Waals surface area contributed by atoms with Gasteiger partial charge in [0.2, 0.25) is 0 Å². The van der Waals surface area contributed by atoms with Crippen molar-refractivity contribution in [2.75, 3.05) is 0 Å². The van der Waals surface area contributed by atoms with E-state index in [-0.39, 0.29) is 10.6 Å². The van der Waals surface area contributed by atoms with Crippen LogP contribution in [0.4, 0.5) is 4.39 Å². The van der Waals surface area contributed by atoms with Gasteiger partial charge >= 0.3 is 0 Å². The maximum atomic E-state index is 13.3. The average molecular weight is 413 g/mol. The van der Waals surface area contributed by atoms with Crippen molar-refractivity contribution in [1.29, 1.82) is 0 Å². The van der Waals surface area contributed by atoms with Gasteiger partial charge in [0.05, 0.1) is 14.9 Å². The quantitative estimate of drug-likeness (QED) is 0.502. The maximum Gasteiger partial charge on any atom is 0.124 e. The summed E-state index contributed by atoms with van der Waals surface area (Å²) in [4.78, 5) is -0.140. The minimum atomic E-state index is -0.288. The SMILES string of the molecule is Fc1cc(Br)cc(C(Br)c2ccc(Cl)c(Cl)c2)c1. The van der Waals surface area contributed by atoms with E-state index in [1.807, 2.05) is 12.1 Å². The standard InChI is InChI=1S/C13H7Br2Cl2F/c14-9-3-8(4-10(18)6-9)13(15)7-1-2-11(16)12(17)5-7/h1-6,13H. The highest BCUT2D eigenvalue weighted by atomic mass is 79.9. The van der Waals surface area contributed by atoms with Crippen LogP contribution in [0.5, 0.6) is 0 Å². The molecular formula is C13H7Br2Cl2F. The Hall–Kier alpha value is -0.0900. The van der Waals surface area contributed by atoms with E-state index in [2.05, 4.69) is 31.9 Å². The molecule has 5 heteroatoms. The van der Waals surface area contributed by atoms with Gasteiger partial charge in [-0.1, -0.05) is 61.1 Å². The molecule has 2 aromatic carbocycles. The molecule has 0 heterocycles. The summed E-state index contributed by atoms with van der Waals surface area (Å²) in [6, 6.07) is 10.1. The Morgan fingerprint density at radius 3 is 2.28 bits per heavy atom. The van der Waals surface area contributed by atoms with E-state index < -0.39 is 0 Å². The van der Waals surface area contributed by atoms with Gasteiger partial charge < -0.3 is 0 Å². The van der Waals surface area contributed by atoms with E-state index in [0.29, 0.717) is 14.5 Å². The summed E-state index contributed by atoms with van der Waals surface area (Å²) in [6.07, 6.45) is 0. The van der Waals surface area contributed by atoms with Crippen molar-refractivity contribution in [2.45, 2.75) is 4.83 Å². The zero-order valence-electron chi connectivity index (χ0n) is 8.93. The third kappa shape index (κ3) is 3.27. The summed E-state index contributed by atoms with van der Waals surface area (Å²) in [5.41, 5.74) is 1.72. The van der Waals surface area contributed by atoms with Crippen molar-refractivity contribution in [3.8, 4) is 0 Å². The van der Waals surface area contributed by atoms with Crippen molar-refractivity contribution in [3.05, 3.63) is 67.9 Å². The number of halogens is 5.